The minimum Gasteiger partial charge on any atom is -0.308 e. The maximum atomic E-state index is 5.24. The molecule has 15 heavy (non-hydrogen) atoms. The van der Waals surface area contributed by atoms with Gasteiger partial charge in [0, 0.05) is 36.8 Å². The Kier molecular flexibility index (Phi) is 3.05. The Morgan fingerprint density at radius 3 is 3.33 bits per heavy atom. The number of hydrogen-bond acceptors (Lipinski definition) is 3. The minimum atomic E-state index is 0.342. The topological polar surface area (TPSA) is 29.3 Å². The summed E-state index contributed by atoms with van der Waals surface area (Å²) < 4.78 is 2.04. The molecule has 0 bridgehead atoms. The Balaban J connectivity index is 1.95. The molecule has 0 aliphatic heterocycles. The molecule has 0 amide bonds. The van der Waals surface area contributed by atoms with Crippen LogP contribution in [0.4, 0.5) is 0 Å². The van der Waals surface area contributed by atoms with E-state index < -0.39 is 0 Å². The van der Waals surface area contributed by atoms with Gasteiger partial charge in [-0.05, 0) is 6.92 Å². The highest BCUT2D eigenvalue weighted by molar-refractivity contribution is 7.15. The molecule has 2 aromatic heterocycles. The van der Waals surface area contributed by atoms with Crippen molar-refractivity contribution in [2.24, 2.45) is 0 Å². The maximum absolute atomic E-state index is 5.24. The highest BCUT2D eigenvalue weighted by Crippen LogP contribution is 2.11. The summed E-state index contributed by atoms with van der Waals surface area (Å²) in [7, 11) is 0. The third-order valence-electron chi connectivity index (χ3n) is 2.20. The van der Waals surface area contributed by atoms with Crippen molar-refractivity contribution in [1.29, 1.82) is 0 Å². The lowest BCUT2D eigenvalue weighted by Crippen LogP contribution is -2.24. The zero-order valence-electron chi connectivity index (χ0n) is 8.60. The van der Waals surface area contributed by atoms with E-state index in [0.29, 0.717) is 6.04 Å². The highest BCUT2D eigenvalue weighted by Gasteiger charge is 2.04. The molecule has 1 atom stereocenters. The van der Waals surface area contributed by atoms with Crippen LogP contribution in [0.5, 0.6) is 0 Å². The molecule has 0 saturated carbocycles. The van der Waals surface area contributed by atoms with Gasteiger partial charge in [0.25, 0.3) is 0 Å². The summed E-state index contributed by atoms with van der Waals surface area (Å²) in [5.41, 5.74) is 1.06. The number of thiazole rings is 1. The van der Waals surface area contributed by atoms with Crippen molar-refractivity contribution in [3.63, 3.8) is 0 Å². The maximum Gasteiger partial charge on any atom is 0.193 e. The molecule has 3 nitrogen and oxygen atoms in total. The molecule has 2 rings (SSSR count). The molecule has 0 fully saturated rings. The molecule has 2 heterocycles. The van der Waals surface area contributed by atoms with Crippen LogP contribution in [0, 0.1) is 12.3 Å². The van der Waals surface area contributed by atoms with Crippen molar-refractivity contribution in [2.45, 2.75) is 25.9 Å². The van der Waals surface area contributed by atoms with E-state index >= 15 is 0 Å². The van der Waals surface area contributed by atoms with Gasteiger partial charge in [0.2, 0.25) is 0 Å². The van der Waals surface area contributed by atoms with Crippen LogP contribution in [-0.2, 0) is 6.54 Å². The van der Waals surface area contributed by atoms with Crippen molar-refractivity contribution in [3.8, 4) is 12.3 Å². The Bertz CT molecular complexity index is 449. The van der Waals surface area contributed by atoms with Gasteiger partial charge in [0.15, 0.2) is 4.96 Å². The number of hydrogen-bond donors (Lipinski definition) is 1. The number of rotatable bonds is 4. The van der Waals surface area contributed by atoms with Crippen molar-refractivity contribution in [1.82, 2.24) is 14.7 Å². The highest BCUT2D eigenvalue weighted by atomic mass is 32.1. The Labute approximate surface area is 93.1 Å². The minimum absolute atomic E-state index is 0.342. The van der Waals surface area contributed by atoms with Gasteiger partial charge < -0.3 is 5.32 Å². The van der Waals surface area contributed by atoms with Crippen molar-refractivity contribution < 1.29 is 0 Å². The van der Waals surface area contributed by atoms with E-state index in [1.54, 1.807) is 11.3 Å². The fourth-order valence-electron chi connectivity index (χ4n) is 1.39. The van der Waals surface area contributed by atoms with Gasteiger partial charge in [0.05, 0.1) is 5.69 Å². The quantitative estimate of drug-likeness (QED) is 0.796. The van der Waals surface area contributed by atoms with Crippen LogP contribution in [-0.4, -0.2) is 15.4 Å². The predicted octanol–water partition coefficient (Wildman–Crippen LogP) is 1.90. The first kappa shape index (κ1) is 10.2. The van der Waals surface area contributed by atoms with Gasteiger partial charge in [-0.1, -0.05) is 0 Å². The zero-order valence-corrected chi connectivity index (χ0v) is 9.42. The third kappa shape index (κ3) is 2.38. The van der Waals surface area contributed by atoms with Crippen LogP contribution in [0.1, 0.15) is 19.0 Å². The SMILES string of the molecule is C#CCC(C)NCc1cn2ccsc2n1. The standard InChI is InChI=1S/C11H13N3S/c1-3-4-9(2)12-7-10-8-14-5-6-15-11(14)13-10/h1,5-6,8-9,12H,4,7H2,2H3. The Morgan fingerprint density at radius 1 is 1.73 bits per heavy atom. The summed E-state index contributed by atoms with van der Waals surface area (Å²) in [6.45, 7) is 2.86. The number of imidazole rings is 1. The monoisotopic (exact) mass is 219 g/mol. The largest absolute Gasteiger partial charge is 0.308 e. The number of aromatic nitrogens is 2. The van der Waals surface area contributed by atoms with E-state index in [1.807, 2.05) is 22.2 Å². The second kappa shape index (κ2) is 4.47. The number of nitrogens with zero attached hydrogens (tertiary/aromatic N) is 2. The Hall–Kier alpha value is -1.31. The van der Waals surface area contributed by atoms with E-state index in [9.17, 15) is 0 Å². The first-order chi connectivity index (χ1) is 7.29. The van der Waals surface area contributed by atoms with Crippen LogP contribution in [0.15, 0.2) is 17.8 Å². The van der Waals surface area contributed by atoms with Crippen LogP contribution < -0.4 is 5.32 Å². The summed E-state index contributed by atoms with van der Waals surface area (Å²) >= 11 is 1.64. The van der Waals surface area contributed by atoms with Gasteiger partial charge >= 0.3 is 0 Å². The molecule has 0 aliphatic rings. The van der Waals surface area contributed by atoms with Crippen LogP contribution in [0.25, 0.3) is 4.96 Å². The normalized spacial score (nSPS) is 12.8. The van der Waals surface area contributed by atoms with Crippen LogP contribution >= 0.6 is 11.3 Å². The van der Waals surface area contributed by atoms with Crippen LogP contribution in [0.3, 0.4) is 0 Å². The second-order valence-electron chi connectivity index (χ2n) is 3.52. The molecule has 78 valence electrons. The fourth-order valence-corrected chi connectivity index (χ4v) is 2.11. The van der Waals surface area contributed by atoms with Gasteiger partial charge in [-0.2, -0.15) is 0 Å². The summed E-state index contributed by atoms with van der Waals surface area (Å²) in [5.74, 6) is 2.64. The fraction of sp³-hybridized carbons (Fsp3) is 0.364. The van der Waals surface area contributed by atoms with E-state index in [-0.39, 0.29) is 0 Å². The third-order valence-corrected chi connectivity index (χ3v) is 2.97. The van der Waals surface area contributed by atoms with Gasteiger partial charge in [-0.15, -0.1) is 23.7 Å². The van der Waals surface area contributed by atoms with Crippen LogP contribution in [0.2, 0.25) is 0 Å². The lowest BCUT2D eigenvalue weighted by molar-refractivity contribution is 0.554. The molecule has 0 radical (unpaired) electrons. The molecule has 2 aromatic rings. The molecular weight excluding hydrogens is 206 g/mol. The second-order valence-corrected chi connectivity index (χ2v) is 4.39. The van der Waals surface area contributed by atoms with E-state index in [0.717, 1.165) is 23.6 Å². The Morgan fingerprint density at radius 2 is 2.60 bits per heavy atom. The summed E-state index contributed by atoms with van der Waals surface area (Å²) in [5, 5.41) is 5.37. The van der Waals surface area contributed by atoms with Crippen molar-refractivity contribution in [3.05, 3.63) is 23.5 Å². The lowest BCUT2D eigenvalue weighted by Gasteiger charge is -2.08. The molecule has 1 N–H and O–H groups in total. The smallest absolute Gasteiger partial charge is 0.193 e. The number of nitrogens with one attached hydrogen (secondary N) is 1. The lowest BCUT2D eigenvalue weighted by atomic mass is 10.2. The molecule has 0 saturated heterocycles. The molecular formula is C11H13N3S. The first-order valence-electron chi connectivity index (χ1n) is 4.87. The summed E-state index contributed by atoms with van der Waals surface area (Å²) in [6, 6.07) is 0.342. The average molecular weight is 219 g/mol. The van der Waals surface area contributed by atoms with Crippen molar-refractivity contribution in [2.75, 3.05) is 0 Å². The molecule has 0 aromatic carbocycles. The van der Waals surface area contributed by atoms with E-state index in [1.165, 1.54) is 0 Å². The number of terminal acetylenes is 1. The molecule has 1 unspecified atom stereocenters. The van der Waals surface area contributed by atoms with Crippen molar-refractivity contribution >= 4 is 16.3 Å². The van der Waals surface area contributed by atoms with Gasteiger partial charge in [0.1, 0.15) is 0 Å². The van der Waals surface area contributed by atoms with Gasteiger partial charge in [-0.3, -0.25) is 4.40 Å². The predicted molar refractivity (Wildman–Crippen MR) is 62.8 cm³/mol. The molecule has 0 aliphatic carbocycles. The average Bonchev–Trinajstić information content (AvgIpc) is 2.74. The number of fused-ring (bicyclic) bond motifs is 1. The van der Waals surface area contributed by atoms with E-state index in [2.05, 4.69) is 23.1 Å². The zero-order chi connectivity index (χ0) is 10.7. The summed E-state index contributed by atoms with van der Waals surface area (Å²) in [4.78, 5) is 5.51. The van der Waals surface area contributed by atoms with E-state index in [4.69, 9.17) is 6.42 Å². The molecule has 0 spiro atoms. The summed E-state index contributed by atoms with van der Waals surface area (Å²) in [6.07, 6.45) is 10.0. The first-order valence-corrected chi connectivity index (χ1v) is 5.75. The molecule has 4 heteroatoms. The van der Waals surface area contributed by atoms with Gasteiger partial charge in [-0.25, -0.2) is 4.98 Å².